The Morgan fingerprint density at radius 3 is 2.33 bits per heavy atom. The van der Waals surface area contributed by atoms with E-state index in [0.717, 1.165) is 0 Å². The number of carbonyl (C=O) groups is 1. The molecule has 1 unspecified atom stereocenters. The minimum atomic E-state index is -1.22. The molecule has 4 heteroatoms. The fourth-order valence-electron chi connectivity index (χ4n) is 0.284. The lowest BCUT2D eigenvalue weighted by molar-refractivity contribution is -0.306. The third-order valence-corrected chi connectivity index (χ3v) is 1.40. The average molecular weight is 133 g/mol. The Kier molecular flexibility index (Phi) is 2.61. The van der Waals surface area contributed by atoms with Crippen LogP contribution in [0.1, 0.15) is 20.3 Å². The molecule has 0 aromatic heterocycles. The van der Waals surface area contributed by atoms with E-state index in [1.54, 1.807) is 6.92 Å². The number of rotatable bonds is 3. The summed E-state index contributed by atoms with van der Waals surface area (Å²) in [5.41, 5.74) is 3.65. The molecule has 0 saturated carbocycles. The van der Waals surface area contributed by atoms with Gasteiger partial charge in [-0.3, -0.25) is 10.1 Å². The summed E-state index contributed by atoms with van der Waals surface area (Å²) < 4.78 is 0. The molecule has 0 rings (SSSR count). The molecular formula is C5H11NO3. The molecule has 0 fully saturated rings. The summed E-state index contributed by atoms with van der Waals surface area (Å²) in [6, 6.07) is 0. The molecule has 0 saturated heterocycles. The van der Waals surface area contributed by atoms with Gasteiger partial charge in [-0.05, 0) is 13.3 Å². The predicted octanol–water partition coefficient (Wildman–Crippen LogP) is 0.130. The van der Waals surface area contributed by atoms with Crippen LogP contribution < -0.4 is 5.73 Å². The number of hydrogen-bond donors (Lipinski definition) is 2. The molecule has 4 nitrogen and oxygen atoms in total. The third-order valence-electron chi connectivity index (χ3n) is 1.40. The highest BCUT2D eigenvalue weighted by molar-refractivity contribution is 5.82. The van der Waals surface area contributed by atoms with Crippen molar-refractivity contribution >= 4 is 5.91 Å². The Hall–Kier alpha value is -0.610. The fourth-order valence-corrected chi connectivity index (χ4v) is 0.284. The summed E-state index contributed by atoms with van der Waals surface area (Å²) in [5.74, 6) is -0.660. The van der Waals surface area contributed by atoms with E-state index in [9.17, 15) is 4.79 Å². The minimum absolute atomic E-state index is 0.360. The van der Waals surface area contributed by atoms with Gasteiger partial charge in [0.05, 0.1) is 0 Å². The van der Waals surface area contributed by atoms with E-state index in [1.807, 2.05) is 0 Å². The third kappa shape index (κ3) is 1.65. The molecule has 0 aromatic carbocycles. The Balaban J connectivity index is 4.09. The first-order chi connectivity index (χ1) is 4.06. The smallest absolute Gasteiger partial charge is 0.252 e. The molecule has 0 aliphatic heterocycles. The van der Waals surface area contributed by atoms with Crippen LogP contribution in [0.4, 0.5) is 0 Å². The molecule has 1 atom stereocenters. The summed E-state index contributed by atoms with van der Waals surface area (Å²) in [6.07, 6.45) is 0.360. The van der Waals surface area contributed by atoms with E-state index in [2.05, 4.69) is 4.89 Å². The second-order valence-electron chi connectivity index (χ2n) is 2.04. The van der Waals surface area contributed by atoms with Crippen molar-refractivity contribution in [2.24, 2.45) is 5.73 Å². The Morgan fingerprint density at radius 1 is 1.89 bits per heavy atom. The van der Waals surface area contributed by atoms with Gasteiger partial charge in [-0.1, -0.05) is 6.92 Å². The summed E-state index contributed by atoms with van der Waals surface area (Å²) in [7, 11) is 0. The zero-order chi connectivity index (χ0) is 7.49. The van der Waals surface area contributed by atoms with Crippen LogP contribution in [-0.4, -0.2) is 16.8 Å². The van der Waals surface area contributed by atoms with E-state index in [-0.39, 0.29) is 0 Å². The average Bonchev–Trinajstić information content (AvgIpc) is 1.86. The summed E-state index contributed by atoms with van der Waals surface area (Å²) in [5, 5.41) is 8.15. The van der Waals surface area contributed by atoms with E-state index in [4.69, 9.17) is 11.0 Å². The number of primary amides is 1. The highest BCUT2D eigenvalue weighted by Crippen LogP contribution is 2.11. The lowest BCUT2D eigenvalue weighted by Gasteiger charge is -2.18. The van der Waals surface area contributed by atoms with Crippen LogP contribution in [0.2, 0.25) is 0 Å². The van der Waals surface area contributed by atoms with Crippen LogP contribution in [0.3, 0.4) is 0 Å². The van der Waals surface area contributed by atoms with Crippen LogP contribution in [0.25, 0.3) is 0 Å². The molecule has 0 spiro atoms. The topological polar surface area (TPSA) is 72.6 Å². The highest BCUT2D eigenvalue weighted by Gasteiger charge is 2.30. The van der Waals surface area contributed by atoms with E-state index < -0.39 is 11.5 Å². The molecule has 0 aromatic rings. The lowest BCUT2D eigenvalue weighted by Crippen LogP contribution is -2.42. The van der Waals surface area contributed by atoms with Gasteiger partial charge in [-0.15, -0.1) is 0 Å². The van der Waals surface area contributed by atoms with Crippen molar-refractivity contribution < 1.29 is 14.9 Å². The number of hydrogen-bond acceptors (Lipinski definition) is 3. The summed E-state index contributed by atoms with van der Waals surface area (Å²) in [4.78, 5) is 14.3. The van der Waals surface area contributed by atoms with Gasteiger partial charge in [-0.25, -0.2) is 4.89 Å². The highest BCUT2D eigenvalue weighted by atomic mass is 17.1. The first kappa shape index (κ1) is 8.39. The van der Waals surface area contributed by atoms with Crippen LogP contribution >= 0.6 is 0 Å². The monoisotopic (exact) mass is 133 g/mol. The number of carbonyl (C=O) groups excluding carboxylic acids is 1. The molecule has 54 valence electrons. The van der Waals surface area contributed by atoms with Crippen LogP contribution in [0, 0.1) is 0 Å². The van der Waals surface area contributed by atoms with Crippen molar-refractivity contribution in [3.63, 3.8) is 0 Å². The van der Waals surface area contributed by atoms with Gasteiger partial charge < -0.3 is 5.73 Å². The van der Waals surface area contributed by atoms with Gasteiger partial charge in [0.25, 0.3) is 5.91 Å². The van der Waals surface area contributed by atoms with Crippen molar-refractivity contribution in [2.45, 2.75) is 25.9 Å². The molecule has 1 amide bonds. The van der Waals surface area contributed by atoms with Crippen molar-refractivity contribution in [2.75, 3.05) is 0 Å². The van der Waals surface area contributed by atoms with Crippen LogP contribution in [-0.2, 0) is 9.68 Å². The van der Waals surface area contributed by atoms with Crippen molar-refractivity contribution in [3.8, 4) is 0 Å². The van der Waals surface area contributed by atoms with E-state index >= 15 is 0 Å². The van der Waals surface area contributed by atoms with Gasteiger partial charge >= 0.3 is 0 Å². The minimum Gasteiger partial charge on any atom is -0.367 e. The largest absolute Gasteiger partial charge is 0.367 e. The Bertz CT molecular complexity index is 109. The van der Waals surface area contributed by atoms with E-state index in [0.29, 0.717) is 6.42 Å². The van der Waals surface area contributed by atoms with Crippen LogP contribution in [0.15, 0.2) is 0 Å². The molecule has 0 radical (unpaired) electrons. The molecule has 0 bridgehead atoms. The van der Waals surface area contributed by atoms with Gasteiger partial charge in [-0.2, -0.15) is 0 Å². The first-order valence-corrected chi connectivity index (χ1v) is 2.69. The maximum absolute atomic E-state index is 10.4. The quantitative estimate of drug-likeness (QED) is 0.424. The normalized spacial score (nSPS) is 16.8. The molecule has 3 N–H and O–H groups in total. The molecule has 0 aliphatic carbocycles. The van der Waals surface area contributed by atoms with Gasteiger partial charge in [0.1, 0.15) is 0 Å². The summed E-state index contributed by atoms with van der Waals surface area (Å²) >= 11 is 0. The number of nitrogens with two attached hydrogens (primary N) is 1. The zero-order valence-electron chi connectivity index (χ0n) is 5.55. The first-order valence-electron chi connectivity index (χ1n) is 2.69. The molecular weight excluding hydrogens is 122 g/mol. The van der Waals surface area contributed by atoms with Crippen LogP contribution in [0.5, 0.6) is 0 Å². The van der Waals surface area contributed by atoms with Crippen molar-refractivity contribution in [1.82, 2.24) is 0 Å². The maximum atomic E-state index is 10.4. The fraction of sp³-hybridized carbons (Fsp3) is 0.800. The number of amides is 1. The van der Waals surface area contributed by atoms with Crippen molar-refractivity contribution in [3.05, 3.63) is 0 Å². The SMILES string of the molecule is CCC(C)(OO)C(N)=O. The zero-order valence-corrected chi connectivity index (χ0v) is 5.55. The van der Waals surface area contributed by atoms with Gasteiger partial charge in [0, 0.05) is 0 Å². The Morgan fingerprint density at radius 2 is 2.33 bits per heavy atom. The van der Waals surface area contributed by atoms with Crippen molar-refractivity contribution in [1.29, 1.82) is 0 Å². The lowest BCUT2D eigenvalue weighted by atomic mass is 10.0. The molecule has 0 heterocycles. The summed E-state index contributed by atoms with van der Waals surface area (Å²) in [6.45, 7) is 3.12. The molecule has 9 heavy (non-hydrogen) atoms. The van der Waals surface area contributed by atoms with Gasteiger partial charge in [0.15, 0.2) is 5.60 Å². The van der Waals surface area contributed by atoms with Gasteiger partial charge in [0.2, 0.25) is 0 Å². The van der Waals surface area contributed by atoms with E-state index in [1.165, 1.54) is 6.92 Å². The molecule has 0 aliphatic rings. The maximum Gasteiger partial charge on any atom is 0.252 e. The second kappa shape index (κ2) is 2.80. The Labute approximate surface area is 53.5 Å². The standard InChI is InChI=1S/C5H11NO3/c1-3-5(2,9-8)4(6)7/h8H,3H2,1-2H3,(H2,6,7). The predicted molar refractivity (Wildman–Crippen MR) is 31.6 cm³/mol. The second-order valence-corrected chi connectivity index (χ2v) is 2.04.